The first-order chi connectivity index (χ1) is 14.8. The molecule has 29 heavy (non-hydrogen) atoms. The number of nitriles is 1. The summed E-state index contributed by atoms with van der Waals surface area (Å²) >= 11 is 0. The molecule has 0 aliphatic heterocycles. The minimum absolute atomic E-state index is 0.00765. The number of benzene rings is 2. The summed E-state index contributed by atoms with van der Waals surface area (Å²) in [5.74, 6) is -1.28. The fourth-order valence-corrected chi connectivity index (χ4v) is 2.52. The Morgan fingerprint density at radius 3 is 2.34 bits per heavy atom. The van der Waals surface area contributed by atoms with Crippen molar-refractivity contribution in [3.63, 3.8) is 0 Å². The van der Waals surface area contributed by atoms with Gasteiger partial charge in [0.25, 0.3) is 11.8 Å². The van der Waals surface area contributed by atoms with Crippen molar-refractivity contribution in [1.82, 2.24) is 20.6 Å². The molecule has 0 radical (unpaired) electrons. The van der Waals surface area contributed by atoms with Crippen LogP contribution in [0, 0.1) is 18.3 Å². The molecule has 0 aliphatic rings. The minimum Gasteiger partial charge on any atom is -0.347 e. The molecule has 0 atom stereocenters. The number of rotatable bonds is 6. The van der Waals surface area contributed by atoms with E-state index in [2.05, 4.69) is 20.6 Å². The fraction of sp³-hybridized carbons (Fsp3) is 0.136. The van der Waals surface area contributed by atoms with E-state index in [1.54, 1.807) is 0 Å². The van der Waals surface area contributed by atoms with Crippen molar-refractivity contribution in [2.45, 2.75) is 20.0 Å². The largest absolute Gasteiger partial charge is 0.347 e. The molecule has 3 rings (SSSR count). The van der Waals surface area contributed by atoms with Gasteiger partial charge in [-0.15, -0.1) is 0 Å². The lowest BCUT2D eigenvalue weighted by Gasteiger charge is -2.07. The number of carbonyl (C=O) groups is 2. The van der Waals surface area contributed by atoms with E-state index in [-0.39, 0.29) is 17.0 Å². The second-order valence-corrected chi connectivity index (χ2v) is 6.23. The van der Waals surface area contributed by atoms with Gasteiger partial charge in [0.05, 0.1) is 14.4 Å². The molecule has 0 bridgehead atoms. The highest BCUT2D eigenvalue weighted by Gasteiger charge is 2.13. The Morgan fingerprint density at radius 2 is 1.69 bits per heavy atom. The monoisotopic (exact) mass is 387 g/mol. The number of nitrogens with zero attached hydrogens (tertiary/aromatic N) is 3. The maximum Gasteiger partial charge on any atom is 0.270 e. The molecule has 2 amide bonds. The van der Waals surface area contributed by atoms with Crippen molar-refractivity contribution in [3.8, 4) is 6.07 Å². The van der Waals surface area contributed by atoms with Crippen LogP contribution < -0.4 is 10.6 Å². The Bertz CT molecular complexity index is 1160. The van der Waals surface area contributed by atoms with Gasteiger partial charge in [0.2, 0.25) is 0 Å². The lowest BCUT2D eigenvalue weighted by atomic mass is 10.1. The molecule has 1 aromatic heterocycles. The summed E-state index contributed by atoms with van der Waals surface area (Å²) in [5, 5.41) is 13.8. The molecule has 2 N–H and O–H groups in total. The lowest BCUT2D eigenvalue weighted by molar-refractivity contribution is 0.0944. The first-order valence-corrected chi connectivity index (χ1v) is 8.77. The Labute approximate surface area is 171 Å². The third kappa shape index (κ3) is 5.47. The quantitative estimate of drug-likeness (QED) is 0.676. The van der Waals surface area contributed by atoms with Gasteiger partial charge in [-0.1, -0.05) is 42.0 Å². The number of aromatic nitrogens is 2. The first-order valence-electron chi connectivity index (χ1n) is 9.77. The maximum absolute atomic E-state index is 12.5. The summed E-state index contributed by atoms with van der Waals surface area (Å²) in [6.07, 6.45) is 1.08. The Hall–Kier alpha value is -4.05. The predicted molar refractivity (Wildman–Crippen MR) is 107 cm³/mol. The number of carbonyl (C=O) groups excluding carboxylic acids is 2. The molecular formula is C22H19N5O2. The van der Waals surface area contributed by atoms with Crippen LogP contribution in [0.2, 0.25) is 0 Å². The molecule has 0 fully saturated rings. The van der Waals surface area contributed by atoms with Crippen LogP contribution in [0.3, 0.4) is 0 Å². The highest BCUT2D eigenvalue weighted by molar-refractivity contribution is 5.97. The van der Waals surface area contributed by atoms with Crippen molar-refractivity contribution in [3.05, 3.63) is 94.6 Å². The number of hydrogen-bond acceptors (Lipinski definition) is 5. The van der Waals surface area contributed by atoms with Crippen LogP contribution in [0.1, 0.15) is 46.0 Å². The van der Waals surface area contributed by atoms with Crippen molar-refractivity contribution in [2.24, 2.45) is 0 Å². The second-order valence-electron chi connectivity index (χ2n) is 6.23. The van der Waals surface area contributed by atoms with E-state index in [9.17, 15) is 9.59 Å². The highest BCUT2D eigenvalue weighted by atomic mass is 16.2. The van der Waals surface area contributed by atoms with E-state index in [0.717, 1.165) is 17.5 Å². The molecule has 2 aromatic carbocycles. The highest BCUT2D eigenvalue weighted by Crippen LogP contribution is 2.06. The van der Waals surface area contributed by atoms with Gasteiger partial charge in [-0.3, -0.25) is 9.59 Å². The third-order valence-electron chi connectivity index (χ3n) is 4.00. The summed E-state index contributed by atoms with van der Waals surface area (Å²) in [5.41, 5.74) is 2.40. The van der Waals surface area contributed by atoms with Gasteiger partial charge < -0.3 is 10.6 Å². The zero-order valence-electron chi connectivity index (χ0n) is 17.6. The van der Waals surface area contributed by atoms with E-state index in [4.69, 9.17) is 8.00 Å². The smallest absolute Gasteiger partial charge is 0.270 e. The van der Waals surface area contributed by atoms with Crippen LogP contribution in [0.4, 0.5) is 0 Å². The lowest BCUT2D eigenvalue weighted by Crippen LogP contribution is -2.27. The summed E-state index contributed by atoms with van der Waals surface area (Å²) in [4.78, 5) is 32.7. The van der Waals surface area contributed by atoms with Crippen LogP contribution in [0.25, 0.3) is 0 Å². The Kier molecular flexibility index (Phi) is 5.44. The summed E-state index contributed by atoms with van der Waals surface area (Å²) in [7, 11) is 0. The number of amides is 2. The molecule has 1 heterocycles. The molecule has 7 nitrogen and oxygen atoms in total. The molecular weight excluding hydrogens is 366 g/mol. The summed E-state index contributed by atoms with van der Waals surface area (Å²) in [6.45, 7) is 0.0497. The molecule has 0 saturated heterocycles. The van der Waals surface area contributed by atoms with Crippen molar-refractivity contribution in [2.75, 3.05) is 0 Å². The van der Waals surface area contributed by atoms with Crippen molar-refractivity contribution in [1.29, 1.82) is 5.26 Å². The zero-order valence-corrected chi connectivity index (χ0v) is 15.6. The number of nitrogens with one attached hydrogen (secondary N) is 2. The maximum atomic E-state index is 12.5. The van der Waals surface area contributed by atoms with Gasteiger partial charge >= 0.3 is 0 Å². The molecule has 144 valence electrons. The first kappa shape index (κ1) is 17.1. The molecule has 0 saturated carbocycles. The van der Waals surface area contributed by atoms with Crippen LogP contribution in [0.5, 0.6) is 0 Å². The minimum atomic E-state index is -2.20. The van der Waals surface area contributed by atoms with E-state index in [0.29, 0.717) is 12.1 Å². The molecule has 7 heteroatoms. The van der Waals surface area contributed by atoms with E-state index >= 15 is 0 Å². The van der Waals surface area contributed by atoms with Crippen LogP contribution in [-0.4, -0.2) is 21.8 Å². The SMILES string of the molecule is [2H]C([2H])(NC(=O)c1cc(C(=O)NCc2cccc(C)c2)ncn1)c1ccc(C#N)cc1. The summed E-state index contributed by atoms with van der Waals surface area (Å²) in [6, 6.07) is 16.6. The predicted octanol–water partition coefficient (Wildman–Crippen LogP) is 2.52. The van der Waals surface area contributed by atoms with E-state index < -0.39 is 18.3 Å². The second kappa shape index (κ2) is 9.24. The van der Waals surface area contributed by atoms with E-state index in [1.165, 1.54) is 30.3 Å². The van der Waals surface area contributed by atoms with Crippen LogP contribution >= 0.6 is 0 Å². The molecule has 0 spiro atoms. The van der Waals surface area contributed by atoms with Gasteiger partial charge in [-0.2, -0.15) is 5.26 Å². The zero-order chi connectivity index (χ0) is 22.4. The standard InChI is InChI=1S/C22H19N5O2/c1-15-3-2-4-18(9-15)13-25-22(29)20-10-19(26-14-27-20)21(28)24-12-17-7-5-16(11-23)6-8-17/h2-10,14H,12-13H2,1H3,(H,24,28)(H,25,29)/i12D2. The molecule has 0 unspecified atom stereocenters. The average Bonchev–Trinajstić information content (AvgIpc) is 2.77. The number of aryl methyl sites for hydroxylation is 1. The average molecular weight is 387 g/mol. The Balaban J connectivity index is 1.68. The van der Waals surface area contributed by atoms with Gasteiger partial charge in [0, 0.05) is 19.1 Å². The van der Waals surface area contributed by atoms with Gasteiger partial charge in [-0.25, -0.2) is 9.97 Å². The topological polar surface area (TPSA) is 108 Å². The number of hydrogen-bond donors (Lipinski definition) is 2. The summed E-state index contributed by atoms with van der Waals surface area (Å²) < 4.78 is 16.2. The van der Waals surface area contributed by atoms with Gasteiger partial charge in [0.1, 0.15) is 17.7 Å². The van der Waals surface area contributed by atoms with Crippen molar-refractivity contribution >= 4 is 11.8 Å². The van der Waals surface area contributed by atoms with Gasteiger partial charge in [-0.05, 0) is 30.2 Å². The normalized spacial score (nSPS) is 11.6. The van der Waals surface area contributed by atoms with E-state index in [1.807, 2.05) is 37.3 Å². The van der Waals surface area contributed by atoms with Crippen molar-refractivity contribution < 1.29 is 12.3 Å². The van der Waals surface area contributed by atoms with Crippen LogP contribution in [0.15, 0.2) is 60.9 Å². The molecule has 0 aliphatic carbocycles. The fourth-order valence-electron chi connectivity index (χ4n) is 2.52. The third-order valence-corrected chi connectivity index (χ3v) is 4.00. The molecule has 3 aromatic rings. The van der Waals surface area contributed by atoms with Crippen LogP contribution in [-0.2, 0) is 13.0 Å². The van der Waals surface area contributed by atoms with Gasteiger partial charge in [0.15, 0.2) is 0 Å². The Morgan fingerprint density at radius 1 is 1.00 bits per heavy atom.